The number of carbonyl (C=O) groups excluding carboxylic acids is 2. The number of anilines is 1. The largest absolute Gasteiger partial charge is 0.443 e. The molecule has 50 heavy (non-hydrogen) atoms. The third kappa shape index (κ3) is 9.37. The van der Waals surface area contributed by atoms with Gasteiger partial charge in [0.25, 0.3) is 10.1 Å². The van der Waals surface area contributed by atoms with Crippen LogP contribution < -0.4 is 4.90 Å². The molecule has 2 aromatic heterocycles. The van der Waals surface area contributed by atoms with E-state index >= 15 is 0 Å². The molecule has 0 N–H and O–H groups in total. The molecule has 0 atom stereocenters. The highest BCUT2D eigenvalue weighted by Crippen LogP contribution is 2.39. The number of imidazole rings is 1. The Morgan fingerprint density at radius 3 is 2.12 bits per heavy atom. The predicted molar refractivity (Wildman–Crippen MR) is 192 cm³/mol. The Morgan fingerprint density at radius 2 is 1.54 bits per heavy atom. The molecule has 1 saturated carbocycles. The van der Waals surface area contributed by atoms with Crippen LogP contribution in [0.1, 0.15) is 78.3 Å². The van der Waals surface area contributed by atoms with E-state index in [4.69, 9.17) is 28.4 Å². The fourth-order valence-electron chi connectivity index (χ4n) is 6.06. The van der Waals surface area contributed by atoms with Crippen molar-refractivity contribution in [3.63, 3.8) is 0 Å². The fraction of sp³-hybridized carbons (Fsp3) is 0.514. The number of ether oxygens (including phenoxy) is 3. The van der Waals surface area contributed by atoms with E-state index in [0.717, 1.165) is 40.5 Å². The van der Waals surface area contributed by atoms with Crippen LogP contribution in [-0.4, -0.2) is 65.8 Å². The van der Waals surface area contributed by atoms with Crippen molar-refractivity contribution in [2.24, 2.45) is 11.8 Å². The lowest BCUT2D eigenvalue weighted by atomic mass is 9.75. The summed E-state index contributed by atoms with van der Waals surface area (Å²) in [6.45, 7) is 13.6. The Morgan fingerprint density at radius 1 is 0.900 bits per heavy atom. The zero-order valence-electron chi connectivity index (χ0n) is 30.2. The highest BCUT2D eigenvalue weighted by molar-refractivity contribution is 7.85. The molecule has 0 bridgehead atoms. The zero-order chi connectivity index (χ0) is 36.4. The van der Waals surface area contributed by atoms with Crippen molar-refractivity contribution in [1.29, 1.82) is 0 Å². The number of amides is 2. The third-order valence-electron chi connectivity index (χ3n) is 8.14. The van der Waals surface area contributed by atoms with Gasteiger partial charge < -0.3 is 18.8 Å². The van der Waals surface area contributed by atoms with Crippen LogP contribution in [-0.2, 0) is 48.1 Å². The summed E-state index contributed by atoms with van der Waals surface area (Å²) in [5.41, 5.74) is 1.87. The fourth-order valence-corrected chi connectivity index (χ4v) is 6.50. The summed E-state index contributed by atoms with van der Waals surface area (Å²) < 4.78 is 47.6. The topological polar surface area (TPSA) is 139 Å². The Bertz CT molecular complexity index is 1930. The number of carbonyl (C=O) groups is 2. The molecule has 2 heterocycles. The maximum absolute atomic E-state index is 13.9. The average molecular weight is 709 g/mol. The predicted octanol–water partition coefficient (Wildman–Crippen LogP) is 7.39. The Kier molecular flexibility index (Phi) is 10.9. The summed E-state index contributed by atoms with van der Waals surface area (Å²) in [6.07, 6.45) is 1.37. The number of aromatic nitrogens is 3. The van der Waals surface area contributed by atoms with Crippen LogP contribution in [0.25, 0.3) is 21.9 Å². The first-order chi connectivity index (χ1) is 23.4. The van der Waals surface area contributed by atoms with Gasteiger partial charge in [-0.1, -0.05) is 42.5 Å². The molecule has 0 unspecified atom stereocenters. The molecular weight excluding hydrogens is 660 g/mol. The lowest BCUT2D eigenvalue weighted by Gasteiger charge is -2.35. The summed E-state index contributed by atoms with van der Waals surface area (Å²) in [5.74, 6) is 0.925. The van der Waals surface area contributed by atoms with E-state index < -0.39 is 33.5 Å². The zero-order valence-corrected chi connectivity index (χ0v) is 31.0. The van der Waals surface area contributed by atoms with Gasteiger partial charge in [0.15, 0.2) is 5.82 Å². The Labute approximate surface area is 294 Å². The van der Waals surface area contributed by atoms with Gasteiger partial charge in [-0.15, -0.1) is 0 Å². The minimum Gasteiger partial charge on any atom is -0.443 e. The first kappa shape index (κ1) is 37.2. The molecule has 1 aliphatic carbocycles. The van der Waals surface area contributed by atoms with Gasteiger partial charge in [0, 0.05) is 18.5 Å². The van der Waals surface area contributed by atoms with Crippen molar-refractivity contribution in [2.45, 2.75) is 92.1 Å². The molecule has 2 aromatic carbocycles. The number of benzene rings is 2. The lowest BCUT2D eigenvalue weighted by Crippen LogP contribution is -2.44. The van der Waals surface area contributed by atoms with Crippen LogP contribution in [0.4, 0.5) is 15.4 Å². The molecule has 4 aromatic rings. The molecule has 1 fully saturated rings. The van der Waals surface area contributed by atoms with Crippen molar-refractivity contribution < 1.29 is 36.4 Å². The quantitative estimate of drug-likeness (QED) is 0.145. The van der Waals surface area contributed by atoms with Gasteiger partial charge in [-0.05, 0) is 96.8 Å². The summed E-state index contributed by atoms with van der Waals surface area (Å²) in [6, 6.07) is 16.1. The van der Waals surface area contributed by atoms with Crippen LogP contribution in [0.2, 0.25) is 0 Å². The number of hydrogen-bond donors (Lipinski definition) is 0. The van der Waals surface area contributed by atoms with Gasteiger partial charge in [0.2, 0.25) is 0 Å². The van der Waals surface area contributed by atoms with E-state index in [1.54, 1.807) is 41.5 Å². The third-order valence-corrected chi connectivity index (χ3v) is 8.71. The number of fused-ring (bicyclic) bond motifs is 3. The second-order valence-corrected chi connectivity index (χ2v) is 16.6. The monoisotopic (exact) mass is 708 g/mol. The standard InChI is InChI=1S/C37H48N4O8S/c1-9-46-23-30-39-31-32(40(30)21-26-18-27(19-26)22-47-50(8,44)45)28-16-15-25(17-24-13-11-10-12-14-24)20-29(28)38-33(31)41(34(42)48-36(2,3)4)35(43)49-37(5,6)7/h10-16,20,26-27H,9,17-19,21-23H2,1-8H3. The molecule has 12 nitrogen and oxygen atoms in total. The summed E-state index contributed by atoms with van der Waals surface area (Å²) in [5, 5.41) is 0.792. The molecule has 0 spiro atoms. The van der Waals surface area contributed by atoms with E-state index in [9.17, 15) is 18.0 Å². The second-order valence-electron chi connectivity index (χ2n) is 14.9. The second kappa shape index (κ2) is 14.7. The highest BCUT2D eigenvalue weighted by atomic mass is 32.2. The highest BCUT2D eigenvalue weighted by Gasteiger charge is 2.37. The normalized spacial score (nSPS) is 16.7. The van der Waals surface area contributed by atoms with Gasteiger partial charge >= 0.3 is 12.2 Å². The van der Waals surface area contributed by atoms with Crippen LogP contribution in [0.3, 0.4) is 0 Å². The van der Waals surface area contributed by atoms with Crippen LogP contribution in [0, 0.1) is 11.8 Å². The molecular formula is C37H48N4O8S. The average Bonchev–Trinajstić information content (AvgIpc) is 3.33. The maximum Gasteiger partial charge on any atom is 0.425 e. The molecule has 2 amide bonds. The van der Waals surface area contributed by atoms with Gasteiger partial charge in [-0.25, -0.2) is 19.6 Å². The van der Waals surface area contributed by atoms with Crippen molar-refractivity contribution in [3.05, 3.63) is 65.5 Å². The molecule has 0 radical (unpaired) electrons. The van der Waals surface area contributed by atoms with Crippen LogP contribution in [0.5, 0.6) is 0 Å². The van der Waals surface area contributed by atoms with E-state index in [0.29, 0.717) is 41.9 Å². The first-order valence-electron chi connectivity index (χ1n) is 16.9. The molecule has 5 rings (SSSR count). The lowest BCUT2D eigenvalue weighted by molar-refractivity contribution is 0.0429. The van der Waals surface area contributed by atoms with Gasteiger partial charge in [-0.2, -0.15) is 13.3 Å². The number of pyridine rings is 1. The van der Waals surface area contributed by atoms with Crippen molar-refractivity contribution in [2.75, 3.05) is 24.4 Å². The Hall–Kier alpha value is -4.07. The van der Waals surface area contributed by atoms with E-state index in [-0.39, 0.29) is 30.9 Å². The molecule has 0 saturated heterocycles. The van der Waals surface area contributed by atoms with Crippen molar-refractivity contribution >= 4 is 50.1 Å². The van der Waals surface area contributed by atoms with E-state index in [2.05, 4.69) is 22.8 Å². The molecule has 0 aliphatic heterocycles. The van der Waals surface area contributed by atoms with E-state index in [1.165, 1.54) is 0 Å². The van der Waals surface area contributed by atoms with Crippen LogP contribution >= 0.6 is 0 Å². The number of hydrogen-bond acceptors (Lipinski definition) is 10. The van der Waals surface area contributed by atoms with Gasteiger partial charge in [-0.3, -0.25) is 4.18 Å². The van der Waals surface area contributed by atoms with E-state index in [1.807, 2.05) is 37.3 Å². The molecule has 1 aliphatic rings. The SMILES string of the molecule is CCOCc1nc2c(N(C(=O)OC(C)(C)C)C(=O)OC(C)(C)C)nc3cc(Cc4ccccc4)ccc3c2n1CC1CC(COS(C)(=O)=O)C1. The minimum absolute atomic E-state index is 0.00241. The summed E-state index contributed by atoms with van der Waals surface area (Å²) in [7, 11) is -3.53. The Balaban J connectivity index is 1.69. The van der Waals surface area contributed by atoms with Gasteiger partial charge in [0.1, 0.15) is 29.2 Å². The minimum atomic E-state index is -3.53. The van der Waals surface area contributed by atoms with Gasteiger partial charge in [0.05, 0.1) is 23.9 Å². The smallest absolute Gasteiger partial charge is 0.425 e. The van der Waals surface area contributed by atoms with Crippen molar-refractivity contribution in [1.82, 2.24) is 14.5 Å². The summed E-state index contributed by atoms with van der Waals surface area (Å²) >= 11 is 0. The summed E-state index contributed by atoms with van der Waals surface area (Å²) in [4.78, 5) is 38.5. The van der Waals surface area contributed by atoms with Crippen LogP contribution in [0.15, 0.2) is 48.5 Å². The molecule has 13 heteroatoms. The maximum atomic E-state index is 13.9. The first-order valence-corrected chi connectivity index (χ1v) is 18.8. The van der Waals surface area contributed by atoms with Crippen molar-refractivity contribution in [3.8, 4) is 0 Å². The number of nitrogens with zero attached hydrogens (tertiary/aromatic N) is 4. The molecule has 270 valence electrons. The number of rotatable bonds is 11. The number of imide groups is 1.